The number of piperidine rings is 1. The number of methoxy groups -OCH3 is 1. The molecule has 1 spiro atoms. The third kappa shape index (κ3) is 4.23. The molecule has 1 saturated heterocycles. The van der Waals surface area contributed by atoms with Crippen molar-refractivity contribution in [2.75, 3.05) is 20.2 Å². The molecule has 1 aliphatic carbocycles. The molecular formula is C29H31N5O. The summed E-state index contributed by atoms with van der Waals surface area (Å²) in [6, 6.07) is 15.1. The van der Waals surface area contributed by atoms with E-state index in [-0.39, 0.29) is 0 Å². The van der Waals surface area contributed by atoms with Crippen molar-refractivity contribution in [3.05, 3.63) is 66.0 Å². The number of imidazole rings is 1. The van der Waals surface area contributed by atoms with Gasteiger partial charge >= 0.3 is 0 Å². The molecule has 6 heteroatoms. The average Bonchev–Trinajstić information content (AvgIpc) is 3.34. The Morgan fingerprint density at radius 3 is 2.60 bits per heavy atom. The number of ether oxygens (including phenoxy) is 1. The molecule has 3 aromatic heterocycles. The summed E-state index contributed by atoms with van der Waals surface area (Å²) in [6.07, 6.45) is 10.7. The largest absolute Gasteiger partial charge is 0.468 e. The SMILES string of the molecule is COc1nc(-c2ccc3ncc(C4=CCC5(CCNCC5)CC4)cc3c2)c(-c2cccc(C)n2)[nH]1. The number of aromatic nitrogens is 4. The van der Waals surface area contributed by atoms with E-state index in [2.05, 4.69) is 40.6 Å². The summed E-state index contributed by atoms with van der Waals surface area (Å²) < 4.78 is 5.42. The molecule has 2 aliphatic rings. The Morgan fingerprint density at radius 2 is 1.83 bits per heavy atom. The minimum Gasteiger partial charge on any atom is -0.468 e. The van der Waals surface area contributed by atoms with Gasteiger partial charge in [-0.3, -0.25) is 9.97 Å². The van der Waals surface area contributed by atoms with Crippen molar-refractivity contribution in [2.45, 2.75) is 39.0 Å². The lowest BCUT2D eigenvalue weighted by atomic mass is 9.68. The number of hydrogen-bond donors (Lipinski definition) is 2. The van der Waals surface area contributed by atoms with Crippen molar-refractivity contribution in [1.29, 1.82) is 0 Å². The summed E-state index contributed by atoms with van der Waals surface area (Å²) in [5.74, 6) is 0. The van der Waals surface area contributed by atoms with Gasteiger partial charge in [-0.15, -0.1) is 0 Å². The molecule has 4 heterocycles. The van der Waals surface area contributed by atoms with Crippen LogP contribution in [0.25, 0.3) is 39.1 Å². The normalized spacial score (nSPS) is 17.5. The van der Waals surface area contributed by atoms with Gasteiger partial charge in [0.05, 0.1) is 24.0 Å². The smallest absolute Gasteiger partial charge is 0.294 e. The molecule has 0 amide bonds. The number of hydrogen-bond acceptors (Lipinski definition) is 5. The number of aromatic amines is 1. The molecule has 6 nitrogen and oxygen atoms in total. The number of nitrogens with zero attached hydrogens (tertiary/aromatic N) is 3. The standard InChI is InChI=1S/C29H31N5O/c1-19-4-3-5-25(32-19)27-26(33-28(34-27)35-2)21-6-7-24-22(16-21)17-23(18-31-24)20-8-10-29(11-9-20)12-14-30-15-13-29/h3-8,16-18,30H,9-15H2,1-2H3,(H,33,34). The molecule has 35 heavy (non-hydrogen) atoms. The maximum Gasteiger partial charge on any atom is 0.294 e. The van der Waals surface area contributed by atoms with Gasteiger partial charge in [0.25, 0.3) is 6.01 Å². The number of benzene rings is 1. The van der Waals surface area contributed by atoms with Crippen LogP contribution in [0.4, 0.5) is 0 Å². The van der Waals surface area contributed by atoms with Gasteiger partial charge in [0.15, 0.2) is 0 Å². The van der Waals surface area contributed by atoms with Crippen LogP contribution in [0, 0.1) is 12.3 Å². The van der Waals surface area contributed by atoms with Crippen LogP contribution >= 0.6 is 0 Å². The third-order valence-electron chi connectivity index (χ3n) is 7.72. The first kappa shape index (κ1) is 22.0. The van der Waals surface area contributed by atoms with Crippen LogP contribution in [0.3, 0.4) is 0 Å². The van der Waals surface area contributed by atoms with Crippen molar-refractivity contribution in [1.82, 2.24) is 25.3 Å². The van der Waals surface area contributed by atoms with Gasteiger partial charge in [-0.25, -0.2) is 0 Å². The minimum atomic E-state index is 0.476. The van der Waals surface area contributed by atoms with Gasteiger partial charge in [-0.05, 0) is 99.0 Å². The lowest BCUT2D eigenvalue weighted by Gasteiger charge is -2.40. The summed E-state index contributed by atoms with van der Waals surface area (Å²) in [4.78, 5) is 17.5. The molecule has 1 aromatic carbocycles. The number of nitrogens with one attached hydrogen (secondary N) is 2. The fraction of sp³-hybridized carbons (Fsp3) is 0.345. The summed E-state index contributed by atoms with van der Waals surface area (Å²) in [5, 5.41) is 4.63. The fourth-order valence-electron chi connectivity index (χ4n) is 5.60. The van der Waals surface area contributed by atoms with Gasteiger partial charge in [-0.1, -0.05) is 18.2 Å². The van der Waals surface area contributed by atoms with E-state index in [4.69, 9.17) is 19.7 Å². The molecule has 0 bridgehead atoms. The molecular weight excluding hydrogens is 434 g/mol. The predicted molar refractivity (Wildman–Crippen MR) is 140 cm³/mol. The Hall–Kier alpha value is -3.51. The number of allylic oxidation sites excluding steroid dienone is 2. The molecule has 0 radical (unpaired) electrons. The van der Waals surface area contributed by atoms with Crippen LogP contribution in [0.2, 0.25) is 0 Å². The lowest BCUT2D eigenvalue weighted by Crippen LogP contribution is -2.37. The molecule has 1 fully saturated rings. The van der Waals surface area contributed by atoms with Gasteiger partial charge in [0, 0.05) is 22.8 Å². The first-order valence-corrected chi connectivity index (χ1v) is 12.5. The Kier molecular flexibility index (Phi) is 5.61. The number of H-pyrrole nitrogens is 1. The van der Waals surface area contributed by atoms with Crippen LogP contribution in [0.1, 0.15) is 43.4 Å². The van der Waals surface area contributed by atoms with E-state index in [9.17, 15) is 0 Å². The van der Waals surface area contributed by atoms with E-state index in [0.717, 1.165) is 58.8 Å². The quantitative estimate of drug-likeness (QED) is 0.390. The van der Waals surface area contributed by atoms with E-state index in [1.807, 2.05) is 31.3 Å². The Morgan fingerprint density at radius 1 is 0.971 bits per heavy atom. The van der Waals surface area contributed by atoms with E-state index in [1.165, 1.54) is 36.8 Å². The van der Waals surface area contributed by atoms with E-state index < -0.39 is 0 Å². The average molecular weight is 466 g/mol. The van der Waals surface area contributed by atoms with E-state index >= 15 is 0 Å². The monoisotopic (exact) mass is 465 g/mol. The third-order valence-corrected chi connectivity index (χ3v) is 7.72. The predicted octanol–water partition coefficient (Wildman–Crippen LogP) is 5.94. The molecule has 0 atom stereocenters. The molecule has 4 aromatic rings. The van der Waals surface area contributed by atoms with Crippen LogP contribution in [0.15, 0.2) is 54.7 Å². The van der Waals surface area contributed by atoms with Crippen LogP contribution in [-0.4, -0.2) is 40.1 Å². The maximum atomic E-state index is 5.42. The second-order valence-corrected chi connectivity index (χ2v) is 9.95. The van der Waals surface area contributed by atoms with Gasteiger partial charge in [-0.2, -0.15) is 4.98 Å². The second-order valence-electron chi connectivity index (χ2n) is 9.95. The summed E-state index contributed by atoms with van der Waals surface area (Å²) in [5.41, 5.74) is 8.67. The number of pyridine rings is 2. The second kappa shape index (κ2) is 8.93. The molecule has 0 unspecified atom stereocenters. The highest BCUT2D eigenvalue weighted by Gasteiger charge is 2.33. The zero-order chi connectivity index (χ0) is 23.8. The first-order chi connectivity index (χ1) is 17.1. The van der Waals surface area contributed by atoms with E-state index in [1.54, 1.807) is 7.11 Å². The lowest BCUT2D eigenvalue weighted by molar-refractivity contribution is 0.184. The Bertz CT molecular complexity index is 1410. The number of fused-ring (bicyclic) bond motifs is 1. The van der Waals surface area contributed by atoms with Crippen molar-refractivity contribution < 1.29 is 4.74 Å². The topological polar surface area (TPSA) is 75.7 Å². The first-order valence-electron chi connectivity index (χ1n) is 12.5. The van der Waals surface area contributed by atoms with Crippen molar-refractivity contribution in [2.24, 2.45) is 5.41 Å². The summed E-state index contributed by atoms with van der Waals surface area (Å²) >= 11 is 0. The van der Waals surface area contributed by atoms with Crippen molar-refractivity contribution >= 4 is 16.5 Å². The molecule has 1 aliphatic heterocycles. The number of aryl methyl sites for hydroxylation is 1. The number of rotatable bonds is 4. The van der Waals surface area contributed by atoms with Crippen LogP contribution < -0.4 is 10.1 Å². The van der Waals surface area contributed by atoms with Gasteiger partial charge < -0.3 is 15.0 Å². The van der Waals surface area contributed by atoms with Crippen molar-refractivity contribution in [3.8, 4) is 28.7 Å². The molecule has 178 valence electrons. The molecule has 0 saturated carbocycles. The van der Waals surface area contributed by atoms with Gasteiger partial charge in [0.2, 0.25) is 0 Å². The summed E-state index contributed by atoms with van der Waals surface area (Å²) in [7, 11) is 1.62. The molecule has 2 N–H and O–H groups in total. The van der Waals surface area contributed by atoms with Crippen LogP contribution in [0.5, 0.6) is 6.01 Å². The van der Waals surface area contributed by atoms with E-state index in [0.29, 0.717) is 11.4 Å². The highest BCUT2D eigenvalue weighted by molar-refractivity contribution is 5.89. The fourth-order valence-corrected chi connectivity index (χ4v) is 5.60. The van der Waals surface area contributed by atoms with Crippen molar-refractivity contribution in [3.63, 3.8) is 0 Å². The zero-order valence-corrected chi connectivity index (χ0v) is 20.4. The minimum absolute atomic E-state index is 0.476. The van der Waals surface area contributed by atoms with Gasteiger partial charge in [0.1, 0.15) is 5.69 Å². The van der Waals surface area contributed by atoms with Crippen LogP contribution in [-0.2, 0) is 0 Å². The summed E-state index contributed by atoms with van der Waals surface area (Å²) in [6.45, 7) is 4.30. The highest BCUT2D eigenvalue weighted by Crippen LogP contribution is 2.44. The highest BCUT2D eigenvalue weighted by atomic mass is 16.5. The zero-order valence-electron chi connectivity index (χ0n) is 20.4. The maximum absolute atomic E-state index is 5.42. The Labute approximate surface area is 205 Å². The molecule has 6 rings (SSSR count). The Balaban J connectivity index is 1.36.